The van der Waals surface area contributed by atoms with Crippen LogP contribution in [0.3, 0.4) is 0 Å². The molecule has 1 aromatic rings. The van der Waals surface area contributed by atoms with Gasteiger partial charge in [-0.15, -0.1) is 0 Å². The number of carbonyl (C=O) groups is 2. The van der Waals surface area contributed by atoms with Gasteiger partial charge in [0.15, 0.2) is 5.60 Å². The van der Waals surface area contributed by atoms with Crippen LogP contribution < -0.4 is 0 Å². The lowest BCUT2D eigenvalue weighted by Crippen LogP contribution is -2.79. The van der Waals surface area contributed by atoms with Crippen molar-refractivity contribution in [3.8, 4) is 0 Å². The van der Waals surface area contributed by atoms with Gasteiger partial charge in [-0.25, -0.2) is 4.79 Å². The fourth-order valence-corrected chi connectivity index (χ4v) is 12.3. The number of piperidine rings is 1. The van der Waals surface area contributed by atoms with Crippen molar-refractivity contribution < 1.29 is 43.1 Å². The Bertz CT molecular complexity index is 1280. The van der Waals surface area contributed by atoms with E-state index in [2.05, 4.69) is 11.8 Å². The molecule has 10 heteroatoms. The highest BCUT2D eigenvalue weighted by molar-refractivity contribution is 5.89. The van der Waals surface area contributed by atoms with Crippen molar-refractivity contribution in [1.82, 2.24) is 4.90 Å². The van der Waals surface area contributed by atoms with Crippen LogP contribution in [0.1, 0.15) is 43.5 Å². The molecule has 1 aliphatic heterocycles. The maximum absolute atomic E-state index is 13.7. The number of esters is 2. The number of benzene rings is 1. The lowest BCUT2D eigenvalue weighted by Gasteiger charge is -2.69. The van der Waals surface area contributed by atoms with E-state index in [0.29, 0.717) is 18.6 Å². The molecule has 242 valence electrons. The van der Waals surface area contributed by atoms with E-state index in [1.807, 2.05) is 18.2 Å². The Labute approximate surface area is 259 Å². The zero-order valence-corrected chi connectivity index (χ0v) is 26.6. The summed E-state index contributed by atoms with van der Waals surface area (Å²) in [7, 11) is 6.89. The van der Waals surface area contributed by atoms with Crippen LogP contribution in [0.2, 0.25) is 0 Å². The minimum Gasteiger partial charge on any atom is -0.458 e. The summed E-state index contributed by atoms with van der Waals surface area (Å²) < 4.78 is 38.2. The molecular weight excluding hydrogens is 566 g/mol. The molecule has 0 radical (unpaired) electrons. The molecule has 0 aromatic heterocycles. The fourth-order valence-electron chi connectivity index (χ4n) is 12.3. The quantitative estimate of drug-likeness (QED) is 0.417. The number of aliphatic hydroxyl groups excluding tert-OH is 1. The van der Waals surface area contributed by atoms with Crippen molar-refractivity contribution in [3.05, 3.63) is 35.9 Å². The predicted octanol–water partition coefficient (Wildman–Crippen LogP) is 2.56. The Hall–Kier alpha value is -2.08. The van der Waals surface area contributed by atoms with Gasteiger partial charge in [0.25, 0.3) is 0 Å². The molecule has 1 spiro atoms. The van der Waals surface area contributed by atoms with E-state index < -0.39 is 53.1 Å². The second-order valence-electron chi connectivity index (χ2n) is 14.1. The lowest BCUT2D eigenvalue weighted by atomic mass is 9.43. The molecule has 1 aromatic carbocycles. The summed E-state index contributed by atoms with van der Waals surface area (Å²) in [6.45, 7) is 5.75. The van der Waals surface area contributed by atoms with Crippen molar-refractivity contribution in [1.29, 1.82) is 0 Å². The molecule has 14 atom stereocenters. The average molecular weight is 614 g/mol. The number of carbonyl (C=O) groups excluding carboxylic acids is 2. The smallest absolute Gasteiger partial charge is 0.338 e. The monoisotopic (exact) mass is 613 g/mol. The van der Waals surface area contributed by atoms with Gasteiger partial charge >= 0.3 is 11.9 Å². The van der Waals surface area contributed by atoms with Crippen LogP contribution in [-0.4, -0.2) is 112 Å². The first kappa shape index (κ1) is 30.6. The summed E-state index contributed by atoms with van der Waals surface area (Å²) >= 11 is 0. The second kappa shape index (κ2) is 10.7. The molecule has 5 aliphatic carbocycles. The number of aliphatic hydroxyl groups is 1. The molecule has 1 heterocycles. The Morgan fingerprint density at radius 2 is 1.73 bits per heavy atom. The van der Waals surface area contributed by atoms with Gasteiger partial charge in [0.05, 0.1) is 30.5 Å². The number of ether oxygens (including phenoxy) is 6. The zero-order valence-electron chi connectivity index (χ0n) is 26.6. The molecule has 10 nitrogen and oxygen atoms in total. The number of methoxy groups -OCH3 is 4. The van der Waals surface area contributed by atoms with Crippen LogP contribution in [0.15, 0.2) is 30.3 Å². The van der Waals surface area contributed by atoms with Gasteiger partial charge in [-0.2, -0.15) is 0 Å². The highest BCUT2D eigenvalue weighted by Gasteiger charge is 2.89. The van der Waals surface area contributed by atoms with Crippen molar-refractivity contribution in [2.75, 3.05) is 48.1 Å². The number of fused-ring (bicyclic) bond motifs is 2. The van der Waals surface area contributed by atoms with Gasteiger partial charge in [-0.1, -0.05) is 25.1 Å². The number of hydrogen-bond acceptors (Lipinski definition) is 10. The van der Waals surface area contributed by atoms with Crippen molar-refractivity contribution in [2.45, 2.75) is 75.3 Å². The molecule has 1 saturated heterocycles. The molecule has 6 fully saturated rings. The van der Waals surface area contributed by atoms with Crippen LogP contribution in [0.5, 0.6) is 0 Å². The molecular formula is C34H47NO9. The molecule has 0 amide bonds. The van der Waals surface area contributed by atoms with Gasteiger partial charge < -0.3 is 33.5 Å². The van der Waals surface area contributed by atoms with Crippen LogP contribution in [0.25, 0.3) is 0 Å². The maximum Gasteiger partial charge on any atom is 0.338 e. The third-order valence-corrected chi connectivity index (χ3v) is 13.0. The van der Waals surface area contributed by atoms with E-state index in [4.69, 9.17) is 28.4 Å². The van der Waals surface area contributed by atoms with Gasteiger partial charge in [0.2, 0.25) is 0 Å². The fraction of sp³-hybridized carbons (Fsp3) is 0.765. The zero-order chi connectivity index (χ0) is 31.2. The summed E-state index contributed by atoms with van der Waals surface area (Å²) in [5, 5.41) is 12.5. The predicted molar refractivity (Wildman–Crippen MR) is 158 cm³/mol. The molecule has 5 saturated carbocycles. The summed E-state index contributed by atoms with van der Waals surface area (Å²) in [5.74, 6) is -2.16. The largest absolute Gasteiger partial charge is 0.458 e. The molecule has 44 heavy (non-hydrogen) atoms. The number of nitrogens with zero attached hydrogens (tertiary/aromatic N) is 1. The topological polar surface area (TPSA) is 113 Å². The maximum atomic E-state index is 13.7. The van der Waals surface area contributed by atoms with Crippen LogP contribution in [0.4, 0.5) is 0 Å². The Balaban J connectivity index is 1.49. The van der Waals surface area contributed by atoms with Crippen molar-refractivity contribution in [2.24, 2.45) is 40.4 Å². The standard InChI is InChI=1S/C34H47NO9/c1-7-35-16-32(17-39-3)14-13-22(40-4)33-21-15-20-25(43-31(38)19-11-9-8-10-12-19)23(21)34(44-18(2)36,30(37)26(20)41-5)24(29(33)35)27(42-6)28(32)33/h8-12,20-30,37H,7,13-17H2,1-6H3/t20-,21+,22-,23+,24-,25-,26+,27-,28+,29+,30-,32-,33-,34+/m0/s1. The van der Waals surface area contributed by atoms with E-state index in [1.54, 1.807) is 40.6 Å². The number of likely N-dealkylation sites (tertiary alicyclic amines) is 1. The Morgan fingerprint density at radius 3 is 2.34 bits per heavy atom. The molecule has 1 N–H and O–H groups in total. The summed E-state index contributed by atoms with van der Waals surface area (Å²) in [5.41, 5.74) is -1.58. The third kappa shape index (κ3) is 3.58. The molecule has 7 bridgehead atoms. The summed E-state index contributed by atoms with van der Waals surface area (Å²) in [6.07, 6.45) is -0.506. The first-order chi connectivity index (χ1) is 21.2. The average Bonchev–Trinajstić information content (AvgIpc) is 3.45. The minimum atomic E-state index is -1.41. The van der Waals surface area contributed by atoms with E-state index in [1.165, 1.54) is 6.92 Å². The van der Waals surface area contributed by atoms with E-state index in [0.717, 1.165) is 25.9 Å². The van der Waals surface area contributed by atoms with Crippen LogP contribution >= 0.6 is 0 Å². The van der Waals surface area contributed by atoms with Gasteiger partial charge in [0.1, 0.15) is 12.2 Å². The Kier molecular flexibility index (Phi) is 7.46. The molecule has 0 unspecified atom stereocenters. The van der Waals surface area contributed by atoms with Gasteiger partial charge in [-0.05, 0) is 43.9 Å². The summed E-state index contributed by atoms with van der Waals surface area (Å²) in [6, 6.07) is 8.88. The lowest BCUT2D eigenvalue weighted by molar-refractivity contribution is -0.303. The SMILES string of the molecule is CCN1C[C@]2(COC)CC[C@H](OC)[C@@]34[C@@H]5C[C@@H]6[C@@H](OC)[C@H](O)[C@@](OC(C)=O)([C@H]5[C@H]6OC(=O)c5ccccc5)[C@@H]([C@H](OC)[C@H]23)[C@@H]14. The number of hydrogen-bond donors (Lipinski definition) is 1. The van der Waals surface area contributed by atoms with E-state index >= 15 is 0 Å². The minimum absolute atomic E-state index is 0.0249. The number of rotatable bonds is 9. The Morgan fingerprint density at radius 1 is 1.00 bits per heavy atom. The highest BCUT2D eigenvalue weighted by atomic mass is 16.6. The molecule has 7 rings (SSSR count). The normalized spacial score (nSPS) is 48.2. The van der Waals surface area contributed by atoms with Crippen LogP contribution in [-0.2, 0) is 33.2 Å². The summed E-state index contributed by atoms with van der Waals surface area (Å²) in [4.78, 5) is 29.5. The van der Waals surface area contributed by atoms with E-state index in [9.17, 15) is 14.7 Å². The van der Waals surface area contributed by atoms with Crippen molar-refractivity contribution in [3.63, 3.8) is 0 Å². The van der Waals surface area contributed by atoms with E-state index in [-0.39, 0.29) is 41.4 Å². The first-order valence-electron chi connectivity index (χ1n) is 16.2. The third-order valence-electron chi connectivity index (χ3n) is 13.0. The first-order valence-corrected chi connectivity index (χ1v) is 16.2. The van der Waals surface area contributed by atoms with Crippen LogP contribution in [0, 0.1) is 40.4 Å². The highest BCUT2D eigenvalue weighted by Crippen LogP contribution is 2.80. The van der Waals surface area contributed by atoms with Gasteiger partial charge in [0, 0.05) is 82.5 Å². The molecule has 6 aliphatic rings. The second-order valence-corrected chi connectivity index (χ2v) is 14.1. The van der Waals surface area contributed by atoms with Gasteiger partial charge in [-0.3, -0.25) is 9.69 Å². The van der Waals surface area contributed by atoms with Crippen molar-refractivity contribution >= 4 is 11.9 Å².